The lowest BCUT2D eigenvalue weighted by molar-refractivity contribution is 0.111. The van der Waals surface area contributed by atoms with Gasteiger partial charge in [-0.25, -0.2) is 0 Å². The number of carbonyl (C=O) groups excluding carboxylic acids is 1. The second kappa shape index (κ2) is 2.98. The van der Waals surface area contributed by atoms with E-state index < -0.39 is 0 Å². The monoisotopic (exact) mass is 213 g/mol. The number of nitrogens with zero attached hydrogens (tertiary/aromatic N) is 1. The first kappa shape index (κ1) is 9.21. The summed E-state index contributed by atoms with van der Waals surface area (Å²) in [6.07, 6.45) is 0.844. The average Bonchev–Trinajstić information content (AvgIpc) is 2.78. The standard InChI is InChI=1S/C13H11NO2/c1-8-4-3-5-10-11-6-9(7-15)14(2)13(11)16-12(8)10/h3-7H,1-2H3. The molecule has 0 saturated heterocycles. The summed E-state index contributed by atoms with van der Waals surface area (Å²) < 4.78 is 7.58. The largest absolute Gasteiger partial charge is 0.439 e. The van der Waals surface area contributed by atoms with Crippen molar-refractivity contribution in [3.8, 4) is 0 Å². The molecule has 3 heteroatoms. The summed E-state index contributed by atoms with van der Waals surface area (Å²) in [5, 5.41) is 2.07. The number of rotatable bonds is 1. The molecule has 80 valence electrons. The lowest BCUT2D eigenvalue weighted by atomic mass is 10.1. The van der Waals surface area contributed by atoms with Crippen LogP contribution in [-0.2, 0) is 7.05 Å². The Morgan fingerprint density at radius 1 is 1.31 bits per heavy atom. The van der Waals surface area contributed by atoms with E-state index in [1.54, 1.807) is 4.57 Å². The number of furan rings is 1. The molecule has 2 heterocycles. The van der Waals surface area contributed by atoms with Gasteiger partial charge in [0.2, 0.25) is 5.71 Å². The Balaban J connectivity index is 2.55. The van der Waals surface area contributed by atoms with Crippen LogP contribution in [0.5, 0.6) is 0 Å². The second-order valence-electron chi connectivity index (χ2n) is 4.02. The summed E-state index contributed by atoms with van der Waals surface area (Å²) >= 11 is 0. The van der Waals surface area contributed by atoms with Crippen molar-refractivity contribution in [2.45, 2.75) is 6.92 Å². The van der Waals surface area contributed by atoms with Crippen LogP contribution in [0.4, 0.5) is 0 Å². The van der Waals surface area contributed by atoms with Gasteiger partial charge in [-0.3, -0.25) is 4.79 Å². The molecule has 0 atom stereocenters. The van der Waals surface area contributed by atoms with E-state index in [0.29, 0.717) is 5.69 Å². The highest BCUT2D eigenvalue weighted by Crippen LogP contribution is 2.31. The van der Waals surface area contributed by atoms with Gasteiger partial charge in [-0.15, -0.1) is 0 Å². The van der Waals surface area contributed by atoms with Crippen LogP contribution in [0, 0.1) is 6.92 Å². The van der Waals surface area contributed by atoms with Crippen LogP contribution >= 0.6 is 0 Å². The molecule has 16 heavy (non-hydrogen) atoms. The van der Waals surface area contributed by atoms with E-state index in [4.69, 9.17) is 4.42 Å². The molecule has 0 radical (unpaired) electrons. The Morgan fingerprint density at radius 2 is 2.12 bits per heavy atom. The number of para-hydroxylation sites is 1. The Kier molecular flexibility index (Phi) is 1.72. The van der Waals surface area contributed by atoms with E-state index in [2.05, 4.69) is 0 Å². The van der Waals surface area contributed by atoms with Gasteiger partial charge < -0.3 is 8.98 Å². The molecule has 3 rings (SSSR count). The number of aryl methyl sites for hydroxylation is 2. The maximum absolute atomic E-state index is 10.8. The van der Waals surface area contributed by atoms with E-state index in [-0.39, 0.29) is 0 Å². The predicted molar refractivity (Wildman–Crippen MR) is 62.8 cm³/mol. The lowest BCUT2D eigenvalue weighted by Gasteiger charge is -1.95. The van der Waals surface area contributed by atoms with Gasteiger partial charge in [0.15, 0.2) is 6.29 Å². The molecule has 0 saturated carbocycles. The molecule has 3 nitrogen and oxygen atoms in total. The highest BCUT2D eigenvalue weighted by Gasteiger charge is 2.14. The SMILES string of the molecule is Cc1cccc2c1oc1c2cc(C=O)n1C. The molecular weight excluding hydrogens is 202 g/mol. The van der Waals surface area contributed by atoms with E-state index in [9.17, 15) is 4.79 Å². The van der Waals surface area contributed by atoms with Gasteiger partial charge in [-0.1, -0.05) is 18.2 Å². The summed E-state index contributed by atoms with van der Waals surface area (Å²) in [5.74, 6) is 0. The first-order chi connectivity index (χ1) is 7.72. The van der Waals surface area contributed by atoms with Gasteiger partial charge in [0.05, 0.1) is 5.69 Å². The van der Waals surface area contributed by atoms with Crippen molar-refractivity contribution in [2.75, 3.05) is 0 Å². The summed E-state index contributed by atoms with van der Waals surface area (Å²) in [5.41, 5.74) is 3.41. The molecule has 0 aliphatic rings. The summed E-state index contributed by atoms with van der Waals surface area (Å²) in [7, 11) is 1.84. The molecular formula is C13H11NO2. The van der Waals surface area contributed by atoms with Crippen LogP contribution < -0.4 is 0 Å². The number of aldehydes is 1. The molecule has 1 aromatic carbocycles. The van der Waals surface area contributed by atoms with Crippen LogP contribution in [0.25, 0.3) is 22.1 Å². The van der Waals surface area contributed by atoms with Crippen LogP contribution in [-0.4, -0.2) is 10.9 Å². The number of carbonyl (C=O) groups is 1. The summed E-state index contributed by atoms with van der Waals surface area (Å²) in [4.78, 5) is 10.8. The zero-order valence-electron chi connectivity index (χ0n) is 9.15. The minimum Gasteiger partial charge on any atom is -0.439 e. The predicted octanol–water partition coefficient (Wildman–Crippen LogP) is 3.05. The minimum absolute atomic E-state index is 0.636. The Bertz CT molecular complexity index is 703. The number of hydrogen-bond donors (Lipinski definition) is 0. The quantitative estimate of drug-likeness (QED) is 0.582. The first-order valence-electron chi connectivity index (χ1n) is 5.15. The third kappa shape index (κ3) is 0.999. The second-order valence-corrected chi connectivity index (χ2v) is 4.02. The van der Waals surface area contributed by atoms with E-state index in [0.717, 1.165) is 33.9 Å². The minimum atomic E-state index is 0.636. The summed E-state index contributed by atoms with van der Waals surface area (Å²) in [6, 6.07) is 7.90. The maximum atomic E-state index is 10.8. The average molecular weight is 213 g/mol. The molecule has 0 aliphatic carbocycles. The Morgan fingerprint density at radius 3 is 2.88 bits per heavy atom. The molecule has 0 spiro atoms. The number of hydrogen-bond acceptors (Lipinski definition) is 2. The number of fused-ring (bicyclic) bond motifs is 3. The fraction of sp³-hybridized carbons (Fsp3) is 0.154. The molecule has 3 aromatic rings. The van der Waals surface area contributed by atoms with Crippen LogP contribution in [0.2, 0.25) is 0 Å². The Hall–Kier alpha value is -2.03. The molecule has 2 aromatic heterocycles. The van der Waals surface area contributed by atoms with Gasteiger partial charge in [0.1, 0.15) is 5.58 Å². The van der Waals surface area contributed by atoms with Crippen molar-refractivity contribution in [1.82, 2.24) is 4.57 Å². The topological polar surface area (TPSA) is 35.1 Å². The normalized spacial score (nSPS) is 11.4. The van der Waals surface area contributed by atoms with Gasteiger partial charge in [-0.05, 0) is 18.6 Å². The smallest absolute Gasteiger partial charge is 0.208 e. The van der Waals surface area contributed by atoms with E-state index in [1.165, 1.54) is 0 Å². The van der Waals surface area contributed by atoms with Crippen molar-refractivity contribution >= 4 is 28.4 Å². The van der Waals surface area contributed by atoms with Crippen molar-refractivity contribution in [3.05, 3.63) is 35.5 Å². The zero-order chi connectivity index (χ0) is 11.3. The maximum Gasteiger partial charge on any atom is 0.208 e. The highest BCUT2D eigenvalue weighted by molar-refractivity contribution is 6.07. The molecule has 0 N–H and O–H groups in total. The zero-order valence-corrected chi connectivity index (χ0v) is 9.15. The lowest BCUT2D eigenvalue weighted by Crippen LogP contribution is -1.92. The van der Waals surface area contributed by atoms with Crippen molar-refractivity contribution < 1.29 is 9.21 Å². The molecule has 0 bridgehead atoms. The van der Waals surface area contributed by atoms with Crippen molar-refractivity contribution in [1.29, 1.82) is 0 Å². The molecule has 0 aliphatic heterocycles. The van der Waals surface area contributed by atoms with Gasteiger partial charge in [-0.2, -0.15) is 0 Å². The molecule has 0 amide bonds. The molecule has 0 unspecified atom stereocenters. The first-order valence-corrected chi connectivity index (χ1v) is 5.15. The van der Waals surface area contributed by atoms with E-state index >= 15 is 0 Å². The van der Waals surface area contributed by atoms with Crippen LogP contribution in [0.15, 0.2) is 28.7 Å². The third-order valence-electron chi connectivity index (χ3n) is 3.04. The van der Waals surface area contributed by atoms with Gasteiger partial charge in [0, 0.05) is 17.8 Å². The number of benzene rings is 1. The third-order valence-corrected chi connectivity index (χ3v) is 3.04. The van der Waals surface area contributed by atoms with Gasteiger partial charge >= 0.3 is 0 Å². The number of aromatic nitrogens is 1. The van der Waals surface area contributed by atoms with Crippen molar-refractivity contribution in [2.24, 2.45) is 7.05 Å². The Labute approximate surface area is 92.3 Å². The van der Waals surface area contributed by atoms with Crippen LogP contribution in [0.3, 0.4) is 0 Å². The highest BCUT2D eigenvalue weighted by atomic mass is 16.3. The summed E-state index contributed by atoms with van der Waals surface area (Å²) in [6.45, 7) is 2.02. The van der Waals surface area contributed by atoms with Crippen molar-refractivity contribution in [3.63, 3.8) is 0 Å². The van der Waals surface area contributed by atoms with E-state index in [1.807, 2.05) is 38.2 Å². The molecule has 0 fully saturated rings. The van der Waals surface area contributed by atoms with Crippen LogP contribution in [0.1, 0.15) is 16.1 Å². The van der Waals surface area contributed by atoms with Gasteiger partial charge in [0.25, 0.3) is 0 Å². The fourth-order valence-electron chi connectivity index (χ4n) is 2.13. The fourth-order valence-corrected chi connectivity index (χ4v) is 2.13.